The fraction of sp³-hybridized carbons (Fsp3) is 0.292. The van der Waals surface area contributed by atoms with Gasteiger partial charge in [-0.25, -0.2) is 4.98 Å². The highest BCUT2D eigenvalue weighted by atomic mass is 19.4. The quantitative estimate of drug-likeness (QED) is 0.495. The molecule has 2 amide bonds. The number of benzene rings is 2. The summed E-state index contributed by atoms with van der Waals surface area (Å²) in [5.74, 6) is -0.945. The summed E-state index contributed by atoms with van der Waals surface area (Å²) < 4.78 is 50.8. The zero-order chi connectivity index (χ0) is 24.8. The Labute approximate surface area is 198 Å². The maximum atomic E-state index is 12.6. The van der Waals surface area contributed by atoms with E-state index in [9.17, 15) is 22.8 Å². The average Bonchev–Trinajstić information content (AvgIpc) is 3.31. The standard InChI is InChI=1S/C24H22F3N3O5/c25-24(26,27)35-17-10-8-16(9-11-17)33-14-21(31)28-12-22-29-20(13-34-22)23(32)30-19-7-3-5-15-4-1-2-6-18(15)19/h1-2,4,6,8-11,13,19H,3,5,7,12,14H2,(H,28,31)(H,30,32). The molecule has 8 nitrogen and oxygen atoms in total. The highest BCUT2D eigenvalue weighted by Gasteiger charge is 2.31. The van der Waals surface area contributed by atoms with Crippen LogP contribution in [-0.2, 0) is 17.8 Å². The first kappa shape index (κ1) is 24.1. The van der Waals surface area contributed by atoms with Gasteiger partial charge in [-0.15, -0.1) is 13.2 Å². The summed E-state index contributed by atoms with van der Waals surface area (Å²) >= 11 is 0. The molecule has 1 heterocycles. The molecule has 1 aliphatic carbocycles. The number of nitrogens with one attached hydrogen (secondary N) is 2. The minimum atomic E-state index is -4.79. The number of nitrogens with zero attached hydrogens (tertiary/aromatic N) is 1. The summed E-state index contributed by atoms with van der Waals surface area (Å²) in [4.78, 5) is 28.7. The van der Waals surface area contributed by atoms with Crippen LogP contribution in [0.25, 0.3) is 0 Å². The normalized spacial score (nSPS) is 15.1. The summed E-state index contributed by atoms with van der Waals surface area (Å²) in [5, 5.41) is 5.52. The zero-order valence-electron chi connectivity index (χ0n) is 18.4. The van der Waals surface area contributed by atoms with E-state index < -0.39 is 18.0 Å². The first-order valence-electron chi connectivity index (χ1n) is 10.9. The number of aromatic nitrogens is 1. The molecular formula is C24H22F3N3O5. The first-order chi connectivity index (χ1) is 16.8. The van der Waals surface area contributed by atoms with Crippen LogP contribution in [0.2, 0.25) is 0 Å². The molecule has 4 rings (SSSR count). The Morgan fingerprint density at radius 1 is 1.09 bits per heavy atom. The molecule has 0 spiro atoms. The van der Waals surface area contributed by atoms with Crippen LogP contribution in [0.5, 0.6) is 11.5 Å². The Kier molecular flexibility index (Phi) is 7.23. The lowest BCUT2D eigenvalue weighted by atomic mass is 9.88. The van der Waals surface area contributed by atoms with Crippen LogP contribution in [0.1, 0.15) is 46.4 Å². The van der Waals surface area contributed by atoms with Gasteiger partial charge in [0, 0.05) is 0 Å². The van der Waals surface area contributed by atoms with Crippen molar-refractivity contribution in [3.8, 4) is 11.5 Å². The van der Waals surface area contributed by atoms with Gasteiger partial charge in [0.05, 0.1) is 12.6 Å². The van der Waals surface area contributed by atoms with Crippen LogP contribution >= 0.6 is 0 Å². The number of hydrogen-bond donors (Lipinski definition) is 2. The number of alkyl halides is 3. The lowest BCUT2D eigenvalue weighted by Crippen LogP contribution is -2.31. The highest BCUT2D eigenvalue weighted by Crippen LogP contribution is 2.29. The van der Waals surface area contributed by atoms with E-state index in [1.54, 1.807) is 0 Å². The second-order valence-electron chi connectivity index (χ2n) is 7.83. The summed E-state index contributed by atoms with van der Waals surface area (Å²) in [6.45, 7) is -0.450. The van der Waals surface area contributed by atoms with Crippen LogP contribution in [0.3, 0.4) is 0 Å². The number of aryl methyl sites for hydroxylation is 1. The van der Waals surface area contributed by atoms with Crippen molar-refractivity contribution < 1.29 is 36.7 Å². The topological polar surface area (TPSA) is 103 Å². The number of fused-ring (bicyclic) bond motifs is 1. The van der Waals surface area contributed by atoms with E-state index in [0.29, 0.717) is 0 Å². The van der Waals surface area contributed by atoms with Gasteiger partial charge in [0.1, 0.15) is 17.8 Å². The van der Waals surface area contributed by atoms with Gasteiger partial charge in [-0.2, -0.15) is 0 Å². The van der Waals surface area contributed by atoms with Gasteiger partial charge >= 0.3 is 6.36 Å². The second-order valence-corrected chi connectivity index (χ2v) is 7.83. The molecule has 0 aliphatic heterocycles. The number of ether oxygens (including phenoxy) is 2. The van der Waals surface area contributed by atoms with Crippen molar-refractivity contribution in [2.45, 2.75) is 38.2 Å². The molecule has 11 heteroatoms. The molecule has 1 atom stereocenters. The molecule has 0 radical (unpaired) electrons. The van der Waals surface area contributed by atoms with Gasteiger partial charge in [0.25, 0.3) is 11.8 Å². The number of halogens is 3. The van der Waals surface area contributed by atoms with Crippen molar-refractivity contribution in [3.05, 3.63) is 77.5 Å². The van der Waals surface area contributed by atoms with E-state index in [0.717, 1.165) is 37.0 Å². The number of rotatable bonds is 8. The van der Waals surface area contributed by atoms with E-state index in [-0.39, 0.29) is 42.4 Å². The van der Waals surface area contributed by atoms with Gasteiger partial charge in [-0.05, 0) is 54.7 Å². The Morgan fingerprint density at radius 2 is 1.83 bits per heavy atom. The maximum Gasteiger partial charge on any atom is 0.573 e. The summed E-state index contributed by atoms with van der Waals surface area (Å²) in [6, 6.07) is 12.5. The largest absolute Gasteiger partial charge is 0.573 e. The summed E-state index contributed by atoms with van der Waals surface area (Å²) in [7, 11) is 0. The minimum absolute atomic E-state index is 0.0693. The van der Waals surface area contributed by atoms with Crippen molar-refractivity contribution in [3.63, 3.8) is 0 Å². The van der Waals surface area contributed by atoms with Crippen LogP contribution in [0.4, 0.5) is 13.2 Å². The second kappa shape index (κ2) is 10.5. The van der Waals surface area contributed by atoms with Crippen LogP contribution in [-0.4, -0.2) is 29.8 Å². The Balaban J connectivity index is 1.23. The van der Waals surface area contributed by atoms with Crippen molar-refractivity contribution in [2.75, 3.05) is 6.61 Å². The number of oxazole rings is 1. The molecule has 2 N–H and O–H groups in total. The summed E-state index contributed by atoms with van der Waals surface area (Å²) in [5.41, 5.74) is 2.43. The molecule has 2 aromatic carbocycles. The zero-order valence-corrected chi connectivity index (χ0v) is 18.4. The molecule has 1 aliphatic rings. The van der Waals surface area contributed by atoms with E-state index in [2.05, 4.69) is 26.4 Å². The highest BCUT2D eigenvalue weighted by molar-refractivity contribution is 5.92. The van der Waals surface area contributed by atoms with E-state index in [1.807, 2.05) is 18.2 Å². The molecule has 0 saturated heterocycles. The first-order valence-corrected chi connectivity index (χ1v) is 10.9. The number of carbonyl (C=O) groups excluding carboxylic acids is 2. The van der Waals surface area contributed by atoms with E-state index in [1.165, 1.54) is 24.0 Å². The van der Waals surface area contributed by atoms with Crippen molar-refractivity contribution >= 4 is 11.8 Å². The predicted molar refractivity (Wildman–Crippen MR) is 117 cm³/mol. The van der Waals surface area contributed by atoms with Crippen molar-refractivity contribution in [1.82, 2.24) is 15.6 Å². The molecule has 35 heavy (non-hydrogen) atoms. The summed E-state index contributed by atoms with van der Waals surface area (Å²) in [6.07, 6.45) is -0.762. The Bertz CT molecular complexity index is 1180. The third kappa shape index (κ3) is 6.75. The molecule has 0 saturated carbocycles. The molecular weight excluding hydrogens is 467 g/mol. The number of amides is 2. The fourth-order valence-corrected chi connectivity index (χ4v) is 3.74. The molecule has 1 aromatic heterocycles. The van der Waals surface area contributed by atoms with Gasteiger partial charge in [-0.3, -0.25) is 9.59 Å². The molecule has 0 fully saturated rings. The number of carbonyl (C=O) groups is 2. The van der Waals surface area contributed by atoms with Crippen molar-refractivity contribution in [1.29, 1.82) is 0 Å². The minimum Gasteiger partial charge on any atom is -0.484 e. The third-order valence-electron chi connectivity index (χ3n) is 5.32. The van der Waals surface area contributed by atoms with Gasteiger partial charge in [0.2, 0.25) is 5.89 Å². The molecule has 184 valence electrons. The van der Waals surface area contributed by atoms with Gasteiger partial charge < -0.3 is 24.5 Å². The smallest absolute Gasteiger partial charge is 0.484 e. The molecule has 0 bridgehead atoms. The monoisotopic (exact) mass is 489 g/mol. The van der Waals surface area contributed by atoms with Crippen molar-refractivity contribution in [2.24, 2.45) is 0 Å². The maximum absolute atomic E-state index is 12.6. The molecule has 1 unspecified atom stereocenters. The van der Waals surface area contributed by atoms with E-state index >= 15 is 0 Å². The van der Waals surface area contributed by atoms with Crippen LogP contribution in [0.15, 0.2) is 59.2 Å². The predicted octanol–water partition coefficient (Wildman–Crippen LogP) is 4.08. The molecule has 3 aromatic rings. The lowest BCUT2D eigenvalue weighted by Gasteiger charge is -2.25. The third-order valence-corrected chi connectivity index (χ3v) is 5.32. The van der Waals surface area contributed by atoms with Crippen LogP contribution in [0, 0.1) is 0 Å². The fourth-order valence-electron chi connectivity index (χ4n) is 3.74. The van der Waals surface area contributed by atoms with Crippen LogP contribution < -0.4 is 20.1 Å². The van der Waals surface area contributed by atoms with Gasteiger partial charge in [-0.1, -0.05) is 24.3 Å². The SMILES string of the molecule is O=C(COc1ccc(OC(F)(F)F)cc1)NCc1nc(C(=O)NC2CCCc3ccccc32)co1. The van der Waals surface area contributed by atoms with E-state index in [4.69, 9.17) is 9.15 Å². The Morgan fingerprint density at radius 3 is 2.60 bits per heavy atom. The lowest BCUT2D eigenvalue weighted by molar-refractivity contribution is -0.274. The van der Waals surface area contributed by atoms with Gasteiger partial charge in [0.15, 0.2) is 12.3 Å². The Hall–Kier alpha value is -4.02. The number of hydrogen-bond acceptors (Lipinski definition) is 6. The average molecular weight is 489 g/mol.